The molecule has 0 spiro atoms. The van der Waals surface area contributed by atoms with E-state index in [0.29, 0.717) is 0 Å². The van der Waals surface area contributed by atoms with Crippen molar-refractivity contribution in [1.82, 2.24) is 5.32 Å². The third kappa shape index (κ3) is 2.12. The molecule has 2 heteroatoms. The highest BCUT2D eigenvalue weighted by Crippen LogP contribution is 2.34. The standard InChI is InChI=1S/C15H21NO/c1-11-3-4-13(7-12(11)2)15(9-17-10-15)8-16-14-5-6-14/h3-4,7,14,16H,5-6,8-10H2,1-2H3. The van der Waals surface area contributed by atoms with Gasteiger partial charge in [-0.1, -0.05) is 18.2 Å². The average molecular weight is 231 g/mol. The molecule has 0 unspecified atom stereocenters. The molecule has 2 nitrogen and oxygen atoms in total. The number of aryl methyl sites for hydroxylation is 2. The smallest absolute Gasteiger partial charge is 0.0598 e. The molecule has 2 fully saturated rings. The number of ether oxygens (including phenoxy) is 1. The van der Waals surface area contributed by atoms with Gasteiger partial charge in [0, 0.05) is 12.6 Å². The molecule has 1 aliphatic heterocycles. The predicted molar refractivity (Wildman–Crippen MR) is 69.4 cm³/mol. The molecule has 0 aromatic heterocycles. The summed E-state index contributed by atoms with van der Waals surface area (Å²) in [6.45, 7) is 7.18. The molecule has 1 aromatic carbocycles. The van der Waals surface area contributed by atoms with Crippen molar-refractivity contribution >= 4 is 0 Å². The zero-order chi connectivity index (χ0) is 11.9. The van der Waals surface area contributed by atoms with Crippen molar-refractivity contribution in [3.8, 4) is 0 Å². The summed E-state index contributed by atoms with van der Waals surface area (Å²) < 4.78 is 5.48. The fraction of sp³-hybridized carbons (Fsp3) is 0.600. The molecule has 2 aliphatic rings. The average Bonchev–Trinajstić information content (AvgIpc) is 3.05. The second-order valence-electron chi connectivity index (χ2n) is 5.73. The fourth-order valence-corrected chi connectivity index (χ4v) is 2.42. The van der Waals surface area contributed by atoms with E-state index in [1.165, 1.54) is 29.5 Å². The lowest BCUT2D eigenvalue weighted by Crippen LogP contribution is -2.53. The Bertz CT molecular complexity index is 419. The zero-order valence-corrected chi connectivity index (χ0v) is 10.8. The Morgan fingerprint density at radius 3 is 2.53 bits per heavy atom. The van der Waals surface area contributed by atoms with Crippen LogP contribution in [-0.4, -0.2) is 25.8 Å². The second-order valence-corrected chi connectivity index (χ2v) is 5.73. The Morgan fingerprint density at radius 1 is 1.24 bits per heavy atom. The van der Waals surface area contributed by atoms with Gasteiger partial charge in [0.05, 0.1) is 18.6 Å². The lowest BCUT2D eigenvalue weighted by Gasteiger charge is -2.42. The Kier molecular flexibility index (Phi) is 2.72. The second kappa shape index (κ2) is 4.11. The van der Waals surface area contributed by atoms with Crippen LogP contribution in [0.4, 0.5) is 0 Å². The van der Waals surface area contributed by atoms with Gasteiger partial charge >= 0.3 is 0 Å². The van der Waals surface area contributed by atoms with Gasteiger partial charge in [-0.15, -0.1) is 0 Å². The zero-order valence-electron chi connectivity index (χ0n) is 10.8. The first-order chi connectivity index (χ1) is 8.20. The summed E-state index contributed by atoms with van der Waals surface area (Å²) in [7, 11) is 0. The maximum absolute atomic E-state index is 5.48. The molecule has 0 bridgehead atoms. The topological polar surface area (TPSA) is 21.3 Å². The summed E-state index contributed by atoms with van der Waals surface area (Å²) in [5.41, 5.74) is 4.45. The van der Waals surface area contributed by atoms with Gasteiger partial charge in [-0.3, -0.25) is 0 Å². The minimum atomic E-state index is 0.237. The number of hydrogen-bond donors (Lipinski definition) is 1. The molecule has 1 saturated heterocycles. The monoisotopic (exact) mass is 231 g/mol. The molecule has 1 N–H and O–H groups in total. The molecular weight excluding hydrogens is 210 g/mol. The predicted octanol–water partition coefficient (Wildman–Crippen LogP) is 2.32. The largest absolute Gasteiger partial charge is 0.379 e. The van der Waals surface area contributed by atoms with E-state index in [1.54, 1.807) is 0 Å². The molecule has 3 rings (SSSR count). The van der Waals surface area contributed by atoms with E-state index in [4.69, 9.17) is 4.74 Å². The van der Waals surface area contributed by atoms with Crippen molar-refractivity contribution < 1.29 is 4.74 Å². The molecule has 0 atom stereocenters. The van der Waals surface area contributed by atoms with E-state index in [0.717, 1.165) is 25.8 Å². The van der Waals surface area contributed by atoms with Crippen LogP contribution in [0.15, 0.2) is 18.2 Å². The molecular formula is C15H21NO. The highest BCUT2D eigenvalue weighted by Gasteiger charge is 2.41. The maximum atomic E-state index is 5.48. The van der Waals surface area contributed by atoms with Gasteiger partial charge in [-0.25, -0.2) is 0 Å². The van der Waals surface area contributed by atoms with Crippen LogP contribution in [0.1, 0.15) is 29.5 Å². The normalized spacial score (nSPS) is 22.2. The summed E-state index contributed by atoms with van der Waals surface area (Å²) >= 11 is 0. The Hall–Kier alpha value is -0.860. The molecule has 1 heterocycles. The number of rotatable bonds is 4. The van der Waals surface area contributed by atoms with Crippen molar-refractivity contribution in [1.29, 1.82) is 0 Å². The molecule has 92 valence electrons. The molecule has 0 amide bonds. The first kappa shape index (κ1) is 11.2. The highest BCUT2D eigenvalue weighted by atomic mass is 16.5. The van der Waals surface area contributed by atoms with Crippen molar-refractivity contribution in [2.75, 3.05) is 19.8 Å². The summed E-state index contributed by atoms with van der Waals surface area (Å²) in [4.78, 5) is 0. The highest BCUT2D eigenvalue weighted by molar-refractivity contribution is 5.36. The summed E-state index contributed by atoms with van der Waals surface area (Å²) in [5.74, 6) is 0. The fourth-order valence-electron chi connectivity index (χ4n) is 2.42. The third-order valence-corrected chi connectivity index (χ3v) is 4.18. The summed E-state index contributed by atoms with van der Waals surface area (Å²) in [6.07, 6.45) is 2.70. The first-order valence-electron chi connectivity index (χ1n) is 6.58. The van der Waals surface area contributed by atoms with E-state index in [2.05, 4.69) is 37.4 Å². The molecule has 1 saturated carbocycles. The van der Waals surface area contributed by atoms with Gasteiger partial charge in [-0.2, -0.15) is 0 Å². The Labute approximate surface area is 103 Å². The number of nitrogens with one attached hydrogen (secondary N) is 1. The van der Waals surface area contributed by atoms with E-state index >= 15 is 0 Å². The van der Waals surface area contributed by atoms with Crippen molar-refractivity contribution in [2.45, 2.75) is 38.1 Å². The van der Waals surface area contributed by atoms with E-state index in [1.807, 2.05) is 0 Å². The maximum Gasteiger partial charge on any atom is 0.0598 e. The van der Waals surface area contributed by atoms with E-state index in [9.17, 15) is 0 Å². The van der Waals surface area contributed by atoms with Crippen LogP contribution in [0.5, 0.6) is 0 Å². The van der Waals surface area contributed by atoms with Crippen LogP contribution in [0, 0.1) is 13.8 Å². The van der Waals surface area contributed by atoms with Gasteiger partial charge < -0.3 is 10.1 Å². The Balaban J connectivity index is 1.79. The van der Waals surface area contributed by atoms with Gasteiger partial charge in [-0.05, 0) is 43.4 Å². The minimum Gasteiger partial charge on any atom is -0.379 e. The summed E-state index contributed by atoms with van der Waals surface area (Å²) in [6, 6.07) is 7.63. The van der Waals surface area contributed by atoms with E-state index < -0.39 is 0 Å². The Morgan fingerprint density at radius 2 is 2.00 bits per heavy atom. The third-order valence-electron chi connectivity index (χ3n) is 4.18. The SMILES string of the molecule is Cc1ccc(C2(CNC3CC3)COC2)cc1C. The molecule has 1 aromatic rings. The van der Waals surface area contributed by atoms with Crippen LogP contribution < -0.4 is 5.32 Å². The molecule has 1 aliphatic carbocycles. The number of benzene rings is 1. The van der Waals surface area contributed by atoms with Crippen LogP contribution in [0.2, 0.25) is 0 Å². The summed E-state index contributed by atoms with van der Waals surface area (Å²) in [5, 5.41) is 3.65. The lowest BCUT2D eigenvalue weighted by molar-refractivity contribution is -0.0591. The lowest BCUT2D eigenvalue weighted by atomic mass is 9.77. The van der Waals surface area contributed by atoms with Gasteiger partial charge in [0.25, 0.3) is 0 Å². The minimum absolute atomic E-state index is 0.237. The molecule has 17 heavy (non-hydrogen) atoms. The van der Waals surface area contributed by atoms with Crippen LogP contribution in [0.3, 0.4) is 0 Å². The van der Waals surface area contributed by atoms with Crippen molar-refractivity contribution in [3.05, 3.63) is 34.9 Å². The van der Waals surface area contributed by atoms with Crippen molar-refractivity contribution in [2.24, 2.45) is 0 Å². The quantitative estimate of drug-likeness (QED) is 0.858. The first-order valence-corrected chi connectivity index (χ1v) is 6.58. The van der Waals surface area contributed by atoms with Crippen LogP contribution in [-0.2, 0) is 10.2 Å². The van der Waals surface area contributed by atoms with Gasteiger partial charge in [0.15, 0.2) is 0 Å². The van der Waals surface area contributed by atoms with Crippen LogP contribution >= 0.6 is 0 Å². The number of hydrogen-bond acceptors (Lipinski definition) is 2. The van der Waals surface area contributed by atoms with Crippen LogP contribution in [0.25, 0.3) is 0 Å². The van der Waals surface area contributed by atoms with Gasteiger partial charge in [0.2, 0.25) is 0 Å². The van der Waals surface area contributed by atoms with Gasteiger partial charge in [0.1, 0.15) is 0 Å². The van der Waals surface area contributed by atoms with Crippen molar-refractivity contribution in [3.63, 3.8) is 0 Å². The van der Waals surface area contributed by atoms with E-state index in [-0.39, 0.29) is 5.41 Å². The molecule has 0 radical (unpaired) electrons.